The number of rotatable bonds is 3. The number of amides is 1. The Morgan fingerprint density at radius 3 is 2.96 bits per heavy atom. The van der Waals surface area contributed by atoms with Gasteiger partial charge >= 0.3 is 0 Å². The molecule has 2 atom stereocenters. The Hall–Kier alpha value is -2.30. The second-order valence-electron chi connectivity index (χ2n) is 7.01. The maximum atomic E-state index is 12.2. The lowest BCUT2D eigenvalue weighted by atomic mass is 9.49. The first kappa shape index (κ1) is 14.3. The third kappa shape index (κ3) is 2.31. The van der Waals surface area contributed by atoms with E-state index in [0.29, 0.717) is 28.4 Å². The summed E-state index contributed by atoms with van der Waals surface area (Å²) in [6.45, 7) is 4.83. The highest BCUT2D eigenvalue weighted by Gasteiger charge is 2.50. The monoisotopic (exact) mass is 312 g/mol. The summed E-state index contributed by atoms with van der Waals surface area (Å²) in [6.07, 6.45) is 6.40. The molecule has 0 spiro atoms. The summed E-state index contributed by atoms with van der Waals surface area (Å²) < 4.78 is 10.5. The molecule has 5 nitrogen and oxygen atoms in total. The molecule has 23 heavy (non-hydrogen) atoms. The Morgan fingerprint density at radius 1 is 1.35 bits per heavy atom. The number of allylic oxidation sites excluding steroid dienone is 2. The highest BCUT2D eigenvalue weighted by molar-refractivity contribution is 5.95. The van der Waals surface area contributed by atoms with Crippen LogP contribution in [0.25, 0.3) is 0 Å². The molecule has 120 valence electrons. The van der Waals surface area contributed by atoms with Crippen LogP contribution in [0.5, 0.6) is 11.5 Å². The Kier molecular flexibility index (Phi) is 3.18. The van der Waals surface area contributed by atoms with Crippen molar-refractivity contribution in [2.45, 2.75) is 26.7 Å². The lowest BCUT2D eigenvalue weighted by Crippen LogP contribution is -2.48. The van der Waals surface area contributed by atoms with Gasteiger partial charge in [-0.1, -0.05) is 19.9 Å². The van der Waals surface area contributed by atoms with E-state index in [1.54, 1.807) is 24.4 Å². The summed E-state index contributed by atoms with van der Waals surface area (Å²) in [4.78, 5) is 12.2. The average molecular weight is 312 g/mol. The number of carbonyl (C=O) groups excluding carboxylic acids is 1. The Balaban J connectivity index is 1.41. The van der Waals surface area contributed by atoms with Crippen LogP contribution in [0.2, 0.25) is 0 Å². The zero-order chi connectivity index (χ0) is 16.0. The van der Waals surface area contributed by atoms with Crippen LogP contribution in [0.15, 0.2) is 34.9 Å². The standard InChI is InChI=1S/C18H20N2O3/c1-18(2)13-5-3-12(14(18)8-13)9-19-20-17(21)11-4-6-15-16(7-11)23-10-22-15/h3-4,6-7,9,13-14H,5,8,10H2,1-2H3,(H,20,21)/t13-,14+/m0/s1. The molecule has 1 fully saturated rings. The van der Waals surface area contributed by atoms with E-state index in [2.05, 4.69) is 30.5 Å². The zero-order valence-electron chi connectivity index (χ0n) is 13.3. The number of hydrogen-bond donors (Lipinski definition) is 1. The van der Waals surface area contributed by atoms with Crippen molar-refractivity contribution in [3.05, 3.63) is 35.4 Å². The third-order valence-corrected chi connectivity index (χ3v) is 5.53. The molecule has 0 unspecified atom stereocenters. The van der Waals surface area contributed by atoms with E-state index in [1.165, 1.54) is 12.0 Å². The molecule has 5 heteroatoms. The quantitative estimate of drug-likeness (QED) is 0.689. The fourth-order valence-corrected chi connectivity index (χ4v) is 3.81. The topological polar surface area (TPSA) is 59.9 Å². The summed E-state index contributed by atoms with van der Waals surface area (Å²) in [5.74, 6) is 2.38. The van der Waals surface area contributed by atoms with Gasteiger partial charge in [0, 0.05) is 5.56 Å². The van der Waals surface area contributed by atoms with E-state index < -0.39 is 0 Å². The second-order valence-corrected chi connectivity index (χ2v) is 7.01. The SMILES string of the molecule is CC1(C)[C@H]2CC=C(C=NNC(=O)c3ccc4c(c3)OCO4)[C@H]1C2. The molecule has 1 aliphatic heterocycles. The molecule has 5 rings (SSSR count). The predicted octanol–water partition coefficient (Wildman–Crippen LogP) is 3.12. The van der Waals surface area contributed by atoms with Crippen LogP contribution < -0.4 is 14.9 Å². The molecule has 0 aromatic heterocycles. The first-order valence-corrected chi connectivity index (χ1v) is 7.99. The molecule has 3 aliphatic carbocycles. The van der Waals surface area contributed by atoms with E-state index in [0.717, 1.165) is 12.3 Å². The van der Waals surface area contributed by atoms with Gasteiger partial charge in [0.15, 0.2) is 11.5 Å². The van der Waals surface area contributed by atoms with Gasteiger partial charge in [0.2, 0.25) is 6.79 Å². The van der Waals surface area contributed by atoms with Crippen molar-refractivity contribution in [1.82, 2.24) is 5.43 Å². The van der Waals surface area contributed by atoms with Crippen molar-refractivity contribution in [1.29, 1.82) is 0 Å². The average Bonchev–Trinajstić information content (AvgIpc) is 3.02. The molecule has 0 saturated heterocycles. The van der Waals surface area contributed by atoms with Crippen LogP contribution >= 0.6 is 0 Å². The number of hydrogen-bond acceptors (Lipinski definition) is 4. The normalized spacial score (nSPS) is 26.6. The molecular formula is C18H20N2O3. The first-order valence-electron chi connectivity index (χ1n) is 7.99. The van der Waals surface area contributed by atoms with E-state index in [9.17, 15) is 4.79 Å². The number of nitrogens with one attached hydrogen (secondary N) is 1. The Morgan fingerprint density at radius 2 is 2.17 bits per heavy atom. The highest BCUT2D eigenvalue weighted by atomic mass is 16.7. The molecule has 1 saturated carbocycles. The van der Waals surface area contributed by atoms with Crippen molar-refractivity contribution in [2.24, 2.45) is 22.4 Å². The van der Waals surface area contributed by atoms with Crippen LogP contribution in [-0.4, -0.2) is 18.9 Å². The predicted molar refractivity (Wildman–Crippen MR) is 86.6 cm³/mol. The molecular weight excluding hydrogens is 292 g/mol. The van der Waals surface area contributed by atoms with Crippen LogP contribution in [0.4, 0.5) is 0 Å². The van der Waals surface area contributed by atoms with Gasteiger partial charge in [-0.25, -0.2) is 5.43 Å². The Bertz CT molecular complexity index is 721. The zero-order valence-corrected chi connectivity index (χ0v) is 13.3. The van der Waals surface area contributed by atoms with Gasteiger partial charge in [0.05, 0.1) is 6.21 Å². The lowest BCUT2D eigenvalue weighted by Gasteiger charge is -2.55. The summed E-state index contributed by atoms with van der Waals surface area (Å²) >= 11 is 0. The number of ether oxygens (including phenoxy) is 2. The molecule has 2 bridgehead atoms. The number of benzene rings is 1. The van der Waals surface area contributed by atoms with Crippen molar-refractivity contribution in [3.8, 4) is 11.5 Å². The third-order valence-electron chi connectivity index (χ3n) is 5.53. The fraction of sp³-hybridized carbons (Fsp3) is 0.444. The van der Waals surface area contributed by atoms with Gasteiger partial charge in [-0.2, -0.15) is 5.10 Å². The molecule has 1 heterocycles. The van der Waals surface area contributed by atoms with Crippen molar-refractivity contribution in [3.63, 3.8) is 0 Å². The van der Waals surface area contributed by atoms with Crippen LogP contribution in [-0.2, 0) is 0 Å². The first-order chi connectivity index (χ1) is 11.1. The molecule has 1 N–H and O–H groups in total. The van der Waals surface area contributed by atoms with Crippen LogP contribution in [0.3, 0.4) is 0 Å². The minimum absolute atomic E-state index is 0.199. The largest absolute Gasteiger partial charge is 0.454 e. The van der Waals surface area contributed by atoms with Crippen LogP contribution in [0.1, 0.15) is 37.0 Å². The van der Waals surface area contributed by atoms with Gasteiger partial charge in [-0.05, 0) is 53.9 Å². The van der Waals surface area contributed by atoms with E-state index in [4.69, 9.17) is 9.47 Å². The summed E-state index contributed by atoms with van der Waals surface area (Å²) in [5, 5.41) is 4.14. The molecule has 1 amide bonds. The minimum atomic E-state index is -0.248. The van der Waals surface area contributed by atoms with E-state index in [1.807, 2.05) is 0 Å². The number of fused-ring (bicyclic) bond motifs is 2. The number of carbonyl (C=O) groups is 1. The summed E-state index contributed by atoms with van der Waals surface area (Å²) in [6, 6.07) is 5.12. The van der Waals surface area contributed by atoms with Crippen molar-refractivity contribution >= 4 is 12.1 Å². The maximum Gasteiger partial charge on any atom is 0.271 e. The van der Waals surface area contributed by atoms with Gasteiger partial charge in [0.25, 0.3) is 5.91 Å². The van der Waals surface area contributed by atoms with Gasteiger partial charge in [-0.3, -0.25) is 4.79 Å². The van der Waals surface area contributed by atoms with Crippen molar-refractivity contribution < 1.29 is 14.3 Å². The lowest BCUT2D eigenvalue weighted by molar-refractivity contribution is -0.00126. The van der Waals surface area contributed by atoms with E-state index in [-0.39, 0.29) is 12.7 Å². The maximum absolute atomic E-state index is 12.2. The van der Waals surface area contributed by atoms with E-state index >= 15 is 0 Å². The smallest absolute Gasteiger partial charge is 0.271 e. The molecule has 1 aromatic carbocycles. The second kappa shape index (κ2) is 5.11. The fourth-order valence-electron chi connectivity index (χ4n) is 3.81. The highest BCUT2D eigenvalue weighted by Crippen LogP contribution is 2.58. The van der Waals surface area contributed by atoms with Gasteiger partial charge in [0.1, 0.15) is 0 Å². The molecule has 4 aliphatic rings. The summed E-state index contributed by atoms with van der Waals surface area (Å²) in [7, 11) is 0. The minimum Gasteiger partial charge on any atom is -0.454 e. The van der Waals surface area contributed by atoms with Crippen molar-refractivity contribution in [2.75, 3.05) is 6.79 Å². The number of nitrogens with zero attached hydrogens (tertiary/aromatic N) is 1. The molecule has 1 aromatic rings. The number of hydrazone groups is 1. The summed E-state index contributed by atoms with van der Waals surface area (Å²) in [5.41, 5.74) is 4.70. The van der Waals surface area contributed by atoms with Gasteiger partial charge in [-0.15, -0.1) is 0 Å². The van der Waals surface area contributed by atoms with Crippen LogP contribution in [0, 0.1) is 17.3 Å². The Labute approximate surface area is 135 Å². The molecule has 0 radical (unpaired) electrons. The van der Waals surface area contributed by atoms with Gasteiger partial charge < -0.3 is 9.47 Å².